The first kappa shape index (κ1) is 11.0. The van der Waals surface area contributed by atoms with Crippen molar-refractivity contribution in [2.75, 3.05) is 13.7 Å². The van der Waals surface area contributed by atoms with Gasteiger partial charge in [-0.3, -0.25) is 0 Å². The van der Waals surface area contributed by atoms with Crippen LogP contribution in [0.4, 0.5) is 4.39 Å². The molecule has 3 heteroatoms. The summed E-state index contributed by atoms with van der Waals surface area (Å²) in [7, 11) is 1.85. The molecule has 0 aliphatic rings. The fourth-order valence-corrected chi connectivity index (χ4v) is 1.23. The molecule has 0 bridgehead atoms. The van der Waals surface area contributed by atoms with Crippen LogP contribution in [0, 0.1) is 5.82 Å². The maximum atomic E-state index is 13.4. The Kier molecular flexibility index (Phi) is 3.89. The topological polar surface area (TPSA) is 21.3 Å². The molecule has 0 heterocycles. The van der Waals surface area contributed by atoms with Gasteiger partial charge in [-0.05, 0) is 38.6 Å². The second-order valence-corrected chi connectivity index (χ2v) is 3.13. The molecule has 1 aromatic rings. The van der Waals surface area contributed by atoms with Gasteiger partial charge in [0.05, 0.1) is 6.61 Å². The van der Waals surface area contributed by atoms with Crippen molar-refractivity contribution in [1.82, 2.24) is 5.32 Å². The zero-order valence-corrected chi connectivity index (χ0v) is 8.80. The predicted octanol–water partition coefficient (Wildman–Crippen LogP) is 2.50. The Morgan fingerprint density at radius 1 is 1.50 bits per heavy atom. The van der Waals surface area contributed by atoms with Gasteiger partial charge >= 0.3 is 0 Å². The Hall–Kier alpha value is -1.09. The number of nitrogens with one attached hydrogen (secondary N) is 1. The third kappa shape index (κ3) is 2.45. The smallest absolute Gasteiger partial charge is 0.165 e. The van der Waals surface area contributed by atoms with Crippen molar-refractivity contribution in [3.05, 3.63) is 29.6 Å². The average molecular weight is 197 g/mol. The molecule has 0 fully saturated rings. The molecule has 78 valence electrons. The van der Waals surface area contributed by atoms with E-state index in [0.29, 0.717) is 12.4 Å². The highest BCUT2D eigenvalue weighted by atomic mass is 19.1. The van der Waals surface area contributed by atoms with E-state index < -0.39 is 0 Å². The van der Waals surface area contributed by atoms with Crippen molar-refractivity contribution in [2.24, 2.45) is 0 Å². The number of ether oxygens (including phenoxy) is 1. The van der Waals surface area contributed by atoms with Gasteiger partial charge in [-0.15, -0.1) is 0 Å². The molecular weight excluding hydrogens is 181 g/mol. The molecule has 2 nitrogen and oxygen atoms in total. The van der Waals surface area contributed by atoms with E-state index in [0.717, 1.165) is 5.56 Å². The Morgan fingerprint density at radius 2 is 2.21 bits per heavy atom. The molecule has 1 rings (SSSR count). The average Bonchev–Trinajstić information content (AvgIpc) is 2.20. The van der Waals surface area contributed by atoms with Gasteiger partial charge in [0.2, 0.25) is 0 Å². The standard InChI is InChI=1S/C11H16FNO/c1-4-14-11-6-5-9(7-10(11)12)8(2)13-3/h5-8,13H,4H2,1-3H3/t8-/m0/s1. The third-order valence-corrected chi connectivity index (χ3v) is 2.19. The quantitative estimate of drug-likeness (QED) is 0.800. The van der Waals surface area contributed by atoms with Gasteiger partial charge in [-0.1, -0.05) is 6.07 Å². The highest BCUT2D eigenvalue weighted by molar-refractivity contribution is 5.30. The van der Waals surface area contributed by atoms with Crippen LogP contribution in [0.5, 0.6) is 5.75 Å². The van der Waals surface area contributed by atoms with Crippen molar-refractivity contribution in [2.45, 2.75) is 19.9 Å². The number of hydrogen-bond donors (Lipinski definition) is 1. The molecule has 0 unspecified atom stereocenters. The Balaban J connectivity index is 2.88. The predicted molar refractivity (Wildman–Crippen MR) is 55.0 cm³/mol. The van der Waals surface area contributed by atoms with Gasteiger partial charge in [0.15, 0.2) is 11.6 Å². The molecule has 0 amide bonds. The number of benzene rings is 1. The first-order chi connectivity index (χ1) is 6.69. The van der Waals surface area contributed by atoms with Gasteiger partial charge in [-0.25, -0.2) is 4.39 Å². The molecule has 1 N–H and O–H groups in total. The largest absolute Gasteiger partial charge is 0.491 e. The molecule has 1 atom stereocenters. The molecular formula is C11H16FNO. The summed E-state index contributed by atoms with van der Waals surface area (Å²) in [5, 5.41) is 3.05. The molecule has 0 saturated carbocycles. The van der Waals surface area contributed by atoms with E-state index >= 15 is 0 Å². The molecule has 1 aromatic carbocycles. The zero-order chi connectivity index (χ0) is 10.6. The minimum Gasteiger partial charge on any atom is -0.491 e. The van der Waals surface area contributed by atoms with Crippen LogP contribution in [0.1, 0.15) is 25.5 Å². The minimum absolute atomic E-state index is 0.153. The number of halogens is 1. The Bertz CT molecular complexity index is 301. The van der Waals surface area contributed by atoms with E-state index in [4.69, 9.17) is 4.74 Å². The third-order valence-electron chi connectivity index (χ3n) is 2.19. The summed E-state index contributed by atoms with van der Waals surface area (Å²) in [6.07, 6.45) is 0. The summed E-state index contributed by atoms with van der Waals surface area (Å²) in [4.78, 5) is 0. The second-order valence-electron chi connectivity index (χ2n) is 3.13. The van der Waals surface area contributed by atoms with Crippen molar-refractivity contribution in [3.63, 3.8) is 0 Å². The van der Waals surface area contributed by atoms with Crippen LogP contribution >= 0.6 is 0 Å². The summed E-state index contributed by atoms with van der Waals surface area (Å²) < 4.78 is 18.5. The van der Waals surface area contributed by atoms with E-state index in [1.165, 1.54) is 6.07 Å². The SMILES string of the molecule is CCOc1ccc([C@H](C)NC)cc1F. The first-order valence-electron chi connectivity index (χ1n) is 4.78. The highest BCUT2D eigenvalue weighted by Crippen LogP contribution is 2.21. The van der Waals surface area contributed by atoms with Crippen molar-refractivity contribution in [3.8, 4) is 5.75 Å². The van der Waals surface area contributed by atoms with Crippen molar-refractivity contribution in [1.29, 1.82) is 0 Å². The van der Waals surface area contributed by atoms with E-state index in [2.05, 4.69) is 5.32 Å². The van der Waals surface area contributed by atoms with Crippen LogP contribution in [0.15, 0.2) is 18.2 Å². The van der Waals surface area contributed by atoms with Crippen LogP contribution in [-0.4, -0.2) is 13.7 Å². The minimum atomic E-state index is -0.300. The summed E-state index contributed by atoms with van der Waals surface area (Å²) in [6, 6.07) is 5.20. The monoisotopic (exact) mass is 197 g/mol. The second kappa shape index (κ2) is 4.96. The van der Waals surface area contributed by atoms with Gasteiger partial charge in [0.25, 0.3) is 0 Å². The van der Waals surface area contributed by atoms with Crippen molar-refractivity contribution < 1.29 is 9.13 Å². The Morgan fingerprint density at radius 3 is 2.71 bits per heavy atom. The molecule has 0 radical (unpaired) electrons. The fraction of sp³-hybridized carbons (Fsp3) is 0.455. The molecule has 0 saturated heterocycles. The van der Waals surface area contributed by atoms with Gasteiger partial charge in [0, 0.05) is 6.04 Å². The lowest BCUT2D eigenvalue weighted by atomic mass is 10.1. The fourth-order valence-electron chi connectivity index (χ4n) is 1.23. The molecule has 14 heavy (non-hydrogen) atoms. The van der Waals surface area contributed by atoms with Crippen LogP contribution in [0.3, 0.4) is 0 Å². The summed E-state index contributed by atoms with van der Waals surface area (Å²) >= 11 is 0. The molecule has 0 aromatic heterocycles. The summed E-state index contributed by atoms with van der Waals surface area (Å²) in [5.74, 6) is 0.0194. The van der Waals surface area contributed by atoms with Gasteiger partial charge in [0.1, 0.15) is 0 Å². The van der Waals surface area contributed by atoms with E-state index in [-0.39, 0.29) is 11.9 Å². The lowest BCUT2D eigenvalue weighted by Gasteiger charge is -2.12. The van der Waals surface area contributed by atoms with E-state index in [1.54, 1.807) is 6.07 Å². The normalized spacial score (nSPS) is 12.6. The van der Waals surface area contributed by atoms with Gasteiger partial charge in [-0.2, -0.15) is 0 Å². The van der Waals surface area contributed by atoms with E-state index in [1.807, 2.05) is 27.0 Å². The van der Waals surface area contributed by atoms with Gasteiger partial charge < -0.3 is 10.1 Å². The summed E-state index contributed by atoms with van der Waals surface area (Å²) in [6.45, 7) is 4.30. The number of rotatable bonds is 4. The Labute approximate surface area is 84.1 Å². The molecule has 0 aliphatic carbocycles. The zero-order valence-electron chi connectivity index (χ0n) is 8.80. The lowest BCUT2D eigenvalue weighted by Crippen LogP contribution is -2.12. The van der Waals surface area contributed by atoms with Crippen LogP contribution in [-0.2, 0) is 0 Å². The maximum absolute atomic E-state index is 13.4. The highest BCUT2D eigenvalue weighted by Gasteiger charge is 2.07. The van der Waals surface area contributed by atoms with Crippen LogP contribution in [0.25, 0.3) is 0 Å². The number of hydrogen-bond acceptors (Lipinski definition) is 2. The molecule has 0 spiro atoms. The van der Waals surface area contributed by atoms with E-state index in [9.17, 15) is 4.39 Å². The first-order valence-corrected chi connectivity index (χ1v) is 4.78. The van der Waals surface area contributed by atoms with Crippen molar-refractivity contribution >= 4 is 0 Å². The van der Waals surface area contributed by atoms with Crippen LogP contribution < -0.4 is 10.1 Å². The lowest BCUT2D eigenvalue weighted by molar-refractivity contribution is 0.321. The van der Waals surface area contributed by atoms with Crippen LogP contribution in [0.2, 0.25) is 0 Å². The maximum Gasteiger partial charge on any atom is 0.165 e. The summed E-state index contributed by atoms with van der Waals surface area (Å²) in [5.41, 5.74) is 0.924. The molecule has 0 aliphatic heterocycles.